The van der Waals surface area contributed by atoms with Crippen LogP contribution in [0.3, 0.4) is 0 Å². The van der Waals surface area contributed by atoms with Crippen molar-refractivity contribution in [3.8, 4) is 0 Å². The smallest absolute Gasteiger partial charge is 0.224 e. The molecule has 1 aliphatic rings. The van der Waals surface area contributed by atoms with Gasteiger partial charge in [-0.3, -0.25) is 4.79 Å². The molecule has 0 bridgehead atoms. The van der Waals surface area contributed by atoms with Crippen molar-refractivity contribution < 1.29 is 9.90 Å². The van der Waals surface area contributed by atoms with E-state index < -0.39 is 0 Å². The third-order valence-corrected chi connectivity index (χ3v) is 4.60. The van der Waals surface area contributed by atoms with Crippen LogP contribution in [-0.4, -0.2) is 28.6 Å². The first kappa shape index (κ1) is 14.1. The number of rotatable bonds is 4. The molecule has 4 heteroatoms. The largest absolute Gasteiger partial charge is 0.396 e. The van der Waals surface area contributed by atoms with Gasteiger partial charge in [-0.25, -0.2) is 0 Å². The van der Waals surface area contributed by atoms with Gasteiger partial charge >= 0.3 is 0 Å². The lowest BCUT2D eigenvalue weighted by Gasteiger charge is -2.19. The number of amides is 1. The van der Waals surface area contributed by atoms with Gasteiger partial charge in [0.2, 0.25) is 5.91 Å². The fourth-order valence-corrected chi connectivity index (χ4v) is 3.43. The lowest BCUT2D eigenvalue weighted by molar-refractivity contribution is -0.121. The number of aliphatic hydroxyl groups is 1. The molecule has 1 saturated carbocycles. The Balaban J connectivity index is 1.73. The molecule has 1 aliphatic carbocycles. The maximum absolute atomic E-state index is 12.3. The molecule has 3 rings (SSSR count). The first-order valence-electron chi connectivity index (χ1n) is 7.65. The van der Waals surface area contributed by atoms with E-state index in [2.05, 4.69) is 10.3 Å². The van der Waals surface area contributed by atoms with Crippen LogP contribution >= 0.6 is 0 Å². The molecular weight excluding hydrogens is 264 g/mol. The van der Waals surface area contributed by atoms with Crippen LogP contribution in [0.1, 0.15) is 30.5 Å². The van der Waals surface area contributed by atoms with Gasteiger partial charge < -0.3 is 15.4 Å². The molecule has 0 spiro atoms. The van der Waals surface area contributed by atoms with Crippen molar-refractivity contribution >= 4 is 16.8 Å². The minimum Gasteiger partial charge on any atom is -0.396 e. The van der Waals surface area contributed by atoms with Crippen LogP contribution in [-0.2, 0) is 11.2 Å². The molecule has 1 aromatic heterocycles. The van der Waals surface area contributed by atoms with Gasteiger partial charge in [0, 0.05) is 35.2 Å². The number of aliphatic hydroxyl groups excluding tert-OH is 1. The summed E-state index contributed by atoms with van der Waals surface area (Å²) < 4.78 is 0. The zero-order chi connectivity index (χ0) is 14.8. The van der Waals surface area contributed by atoms with Crippen molar-refractivity contribution in [3.05, 3.63) is 35.5 Å². The van der Waals surface area contributed by atoms with E-state index in [-0.39, 0.29) is 24.5 Å². The number of benzene rings is 1. The second kappa shape index (κ2) is 5.90. The number of H-pyrrole nitrogens is 1. The molecule has 2 aromatic rings. The van der Waals surface area contributed by atoms with Crippen molar-refractivity contribution in [1.82, 2.24) is 10.3 Å². The summed E-state index contributed by atoms with van der Waals surface area (Å²) in [6.07, 6.45) is 3.46. The zero-order valence-electron chi connectivity index (χ0n) is 12.4. The average Bonchev–Trinajstić information content (AvgIpc) is 3.04. The standard InChI is InChI=1S/C17H22N2O2/c1-11-14(13-6-2-3-7-16(13)18-11)9-17(21)19-15-8-4-5-12(15)10-20/h2-3,6-7,12,15,18,20H,4-5,8-10H2,1H3,(H,19,21). The number of nitrogens with one attached hydrogen (secondary N) is 2. The van der Waals surface area contributed by atoms with Crippen LogP contribution in [0.4, 0.5) is 0 Å². The number of fused-ring (bicyclic) bond motifs is 1. The number of hydrogen-bond donors (Lipinski definition) is 3. The van der Waals surface area contributed by atoms with E-state index in [1.807, 2.05) is 31.2 Å². The summed E-state index contributed by atoms with van der Waals surface area (Å²) in [6.45, 7) is 2.17. The molecule has 0 radical (unpaired) electrons. The van der Waals surface area contributed by atoms with Crippen LogP contribution in [0.2, 0.25) is 0 Å². The first-order valence-corrected chi connectivity index (χ1v) is 7.65. The fraction of sp³-hybridized carbons (Fsp3) is 0.471. The van der Waals surface area contributed by atoms with Crippen molar-refractivity contribution in [2.24, 2.45) is 5.92 Å². The number of carbonyl (C=O) groups is 1. The Kier molecular flexibility index (Phi) is 3.97. The number of para-hydroxylation sites is 1. The Labute approximate surface area is 124 Å². The Hall–Kier alpha value is -1.81. The highest BCUT2D eigenvalue weighted by Gasteiger charge is 2.28. The maximum Gasteiger partial charge on any atom is 0.224 e. The molecular formula is C17H22N2O2. The molecule has 1 heterocycles. The van der Waals surface area contributed by atoms with Crippen molar-refractivity contribution in [2.75, 3.05) is 6.61 Å². The Morgan fingerprint density at radius 1 is 1.38 bits per heavy atom. The molecule has 1 aromatic carbocycles. The minimum absolute atomic E-state index is 0.0493. The third-order valence-electron chi connectivity index (χ3n) is 4.60. The van der Waals surface area contributed by atoms with Crippen LogP contribution in [0, 0.1) is 12.8 Å². The zero-order valence-corrected chi connectivity index (χ0v) is 12.4. The molecule has 2 unspecified atom stereocenters. The lowest BCUT2D eigenvalue weighted by Crippen LogP contribution is -2.39. The van der Waals surface area contributed by atoms with Gasteiger partial charge in [-0.15, -0.1) is 0 Å². The van der Waals surface area contributed by atoms with E-state index in [4.69, 9.17) is 0 Å². The highest BCUT2D eigenvalue weighted by Crippen LogP contribution is 2.26. The molecule has 4 nitrogen and oxygen atoms in total. The van der Waals surface area contributed by atoms with E-state index in [9.17, 15) is 9.90 Å². The van der Waals surface area contributed by atoms with Crippen molar-refractivity contribution in [1.29, 1.82) is 0 Å². The van der Waals surface area contributed by atoms with Crippen LogP contribution in [0.15, 0.2) is 24.3 Å². The number of aryl methyl sites for hydroxylation is 1. The van der Waals surface area contributed by atoms with Crippen LogP contribution in [0.5, 0.6) is 0 Å². The van der Waals surface area contributed by atoms with Gasteiger partial charge in [-0.1, -0.05) is 24.6 Å². The second-order valence-corrected chi connectivity index (χ2v) is 6.00. The second-order valence-electron chi connectivity index (χ2n) is 6.00. The fourth-order valence-electron chi connectivity index (χ4n) is 3.43. The summed E-state index contributed by atoms with van der Waals surface area (Å²) in [7, 11) is 0. The predicted octanol–water partition coefficient (Wildman–Crippen LogP) is 2.30. The van der Waals surface area contributed by atoms with Gasteiger partial charge in [0.05, 0.1) is 6.42 Å². The summed E-state index contributed by atoms with van der Waals surface area (Å²) in [5.74, 6) is 0.270. The van der Waals surface area contributed by atoms with Gasteiger partial charge in [-0.2, -0.15) is 0 Å². The average molecular weight is 286 g/mol. The summed E-state index contributed by atoms with van der Waals surface area (Å²) in [4.78, 5) is 15.6. The predicted molar refractivity (Wildman–Crippen MR) is 83.1 cm³/mol. The van der Waals surface area contributed by atoms with E-state index in [0.717, 1.165) is 41.4 Å². The molecule has 3 N–H and O–H groups in total. The van der Waals surface area contributed by atoms with E-state index in [0.29, 0.717) is 6.42 Å². The quantitative estimate of drug-likeness (QED) is 0.807. The van der Waals surface area contributed by atoms with Crippen molar-refractivity contribution in [3.63, 3.8) is 0 Å². The van der Waals surface area contributed by atoms with Crippen LogP contribution in [0.25, 0.3) is 10.9 Å². The van der Waals surface area contributed by atoms with Crippen molar-refractivity contribution in [2.45, 2.75) is 38.6 Å². The van der Waals surface area contributed by atoms with E-state index in [1.165, 1.54) is 0 Å². The van der Waals surface area contributed by atoms with E-state index >= 15 is 0 Å². The van der Waals surface area contributed by atoms with E-state index in [1.54, 1.807) is 0 Å². The molecule has 0 saturated heterocycles. The lowest BCUT2D eigenvalue weighted by atomic mass is 10.0. The third kappa shape index (κ3) is 2.81. The monoisotopic (exact) mass is 286 g/mol. The van der Waals surface area contributed by atoms with Gasteiger partial charge in [0.25, 0.3) is 0 Å². The topological polar surface area (TPSA) is 65.1 Å². The Morgan fingerprint density at radius 2 is 2.19 bits per heavy atom. The maximum atomic E-state index is 12.3. The van der Waals surface area contributed by atoms with Gasteiger partial charge in [-0.05, 0) is 31.4 Å². The normalized spacial score (nSPS) is 21.8. The number of carbonyl (C=O) groups excluding carboxylic acids is 1. The summed E-state index contributed by atoms with van der Waals surface area (Å²) in [6, 6.07) is 8.20. The number of aromatic amines is 1. The summed E-state index contributed by atoms with van der Waals surface area (Å²) in [5, 5.41) is 13.6. The highest BCUT2D eigenvalue weighted by molar-refractivity contribution is 5.90. The first-order chi connectivity index (χ1) is 10.2. The van der Waals surface area contributed by atoms with Crippen LogP contribution < -0.4 is 5.32 Å². The summed E-state index contributed by atoms with van der Waals surface area (Å²) >= 11 is 0. The molecule has 1 amide bonds. The molecule has 1 fully saturated rings. The minimum atomic E-state index is 0.0493. The SMILES string of the molecule is Cc1[nH]c2ccccc2c1CC(=O)NC1CCCC1CO. The highest BCUT2D eigenvalue weighted by atomic mass is 16.3. The molecule has 2 atom stereocenters. The molecule has 112 valence electrons. The molecule has 21 heavy (non-hydrogen) atoms. The number of aromatic nitrogens is 1. The van der Waals surface area contributed by atoms with Gasteiger partial charge in [0.15, 0.2) is 0 Å². The molecule has 0 aliphatic heterocycles. The Morgan fingerprint density at radius 3 is 3.00 bits per heavy atom. The Bertz CT molecular complexity index is 647. The number of hydrogen-bond acceptors (Lipinski definition) is 2. The van der Waals surface area contributed by atoms with Gasteiger partial charge in [0.1, 0.15) is 0 Å². The summed E-state index contributed by atoms with van der Waals surface area (Å²) in [5.41, 5.74) is 3.20.